The number of nitrogens with zero attached hydrogens (tertiary/aromatic N) is 1. The van der Waals surface area contributed by atoms with E-state index in [4.69, 9.17) is 5.84 Å². The molecule has 1 atom stereocenters. The Morgan fingerprint density at radius 1 is 1.40 bits per heavy atom. The van der Waals surface area contributed by atoms with Crippen molar-refractivity contribution < 1.29 is 18.0 Å². The van der Waals surface area contributed by atoms with Gasteiger partial charge in [0.05, 0.1) is 0 Å². The van der Waals surface area contributed by atoms with E-state index in [2.05, 4.69) is 20.4 Å². The number of hydrazine groups is 1. The zero-order valence-electron chi connectivity index (χ0n) is 10.3. The number of nitrogens with two attached hydrogens (primary N) is 1. The van der Waals surface area contributed by atoms with Gasteiger partial charge in [-0.05, 0) is 18.6 Å². The Kier molecular flexibility index (Phi) is 3.97. The number of carbonyl (C=O) groups excluding carboxylic acids is 2. The first kappa shape index (κ1) is 14.4. The van der Waals surface area contributed by atoms with E-state index in [9.17, 15) is 18.0 Å². The molecule has 0 saturated carbocycles. The van der Waals surface area contributed by atoms with Crippen LogP contribution in [0, 0.1) is 0 Å². The SMILES string of the molecule is NNc1ncccc1S(=O)(=O)NC1CCC(=O)NC1=O. The van der Waals surface area contributed by atoms with Crippen molar-refractivity contribution in [2.45, 2.75) is 23.8 Å². The number of imide groups is 1. The van der Waals surface area contributed by atoms with Crippen LogP contribution >= 0.6 is 0 Å². The van der Waals surface area contributed by atoms with Crippen LogP contribution in [-0.2, 0) is 19.6 Å². The molecule has 1 aromatic rings. The van der Waals surface area contributed by atoms with Crippen molar-refractivity contribution >= 4 is 27.7 Å². The highest BCUT2D eigenvalue weighted by atomic mass is 32.2. The van der Waals surface area contributed by atoms with Gasteiger partial charge in [0, 0.05) is 12.6 Å². The average Bonchev–Trinajstić information content (AvgIpc) is 2.42. The molecule has 1 unspecified atom stereocenters. The molecule has 1 aromatic heterocycles. The van der Waals surface area contributed by atoms with E-state index in [0.29, 0.717) is 0 Å². The van der Waals surface area contributed by atoms with Gasteiger partial charge in [-0.3, -0.25) is 14.9 Å². The summed E-state index contributed by atoms with van der Waals surface area (Å²) < 4.78 is 26.6. The third-order valence-corrected chi connectivity index (χ3v) is 4.24. The summed E-state index contributed by atoms with van der Waals surface area (Å²) in [6, 6.07) is 1.74. The first-order valence-corrected chi connectivity index (χ1v) is 7.20. The second-order valence-corrected chi connectivity index (χ2v) is 5.80. The van der Waals surface area contributed by atoms with E-state index >= 15 is 0 Å². The molecule has 2 amide bonds. The van der Waals surface area contributed by atoms with Gasteiger partial charge in [0.15, 0.2) is 5.82 Å². The molecule has 1 saturated heterocycles. The molecule has 2 heterocycles. The summed E-state index contributed by atoms with van der Waals surface area (Å²) in [6.45, 7) is 0. The maximum absolute atomic E-state index is 12.2. The maximum atomic E-state index is 12.2. The Morgan fingerprint density at radius 3 is 2.80 bits per heavy atom. The number of pyridine rings is 1. The van der Waals surface area contributed by atoms with Crippen molar-refractivity contribution in [1.29, 1.82) is 0 Å². The van der Waals surface area contributed by atoms with Crippen LogP contribution in [0.5, 0.6) is 0 Å². The monoisotopic (exact) mass is 299 g/mol. The summed E-state index contributed by atoms with van der Waals surface area (Å²) in [7, 11) is -3.98. The minimum Gasteiger partial charge on any atom is -0.307 e. The first-order valence-electron chi connectivity index (χ1n) is 5.71. The average molecular weight is 299 g/mol. The molecule has 20 heavy (non-hydrogen) atoms. The van der Waals surface area contributed by atoms with E-state index in [0.717, 1.165) is 0 Å². The number of aromatic nitrogens is 1. The molecule has 9 nitrogen and oxygen atoms in total. The van der Waals surface area contributed by atoms with Gasteiger partial charge in [-0.25, -0.2) is 19.2 Å². The number of nitrogen functional groups attached to an aromatic ring is 1. The van der Waals surface area contributed by atoms with Crippen molar-refractivity contribution in [2.75, 3.05) is 5.43 Å². The minimum absolute atomic E-state index is 0.0349. The highest BCUT2D eigenvalue weighted by Gasteiger charge is 2.31. The lowest BCUT2D eigenvalue weighted by atomic mass is 10.1. The van der Waals surface area contributed by atoms with E-state index in [1.54, 1.807) is 0 Å². The number of hydrogen-bond acceptors (Lipinski definition) is 7. The Morgan fingerprint density at radius 2 is 2.15 bits per heavy atom. The standard InChI is InChI=1S/C10H13N5O4S/c11-14-9-7(2-1-5-12-9)20(18,19)15-6-3-4-8(16)13-10(6)17/h1-2,5-6,15H,3-4,11H2,(H,12,14)(H,13,16,17). The second-order valence-electron chi connectivity index (χ2n) is 4.12. The zero-order chi connectivity index (χ0) is 14.8. The lowest BCUT2D eigenvalue weighted by Crippen LogP contribution is -2.52. The molecule has 5 N–H and O–H groups in total. The molecule has 0 aliphatic carbocycles. The second kappa shape index (κ2) is 5.53. The molecule has 0 bridgehead atoms. The van der Waals surface area contributed by atoms with E-state index in [1.807, 2.05) is 0 Å². The smallest absolute Gasteiger partial charge is 0.245 e. The fourth-order valence-electron chi connectivity index (χ4n) is 1.77. The molecule has 1 aliphatic heterocycles. The molecule has 1 aliphatic rings. The van der Waals surface area contributed by atoms with Gasteiger partial charge in [-0.1, -0.05) is 0 Å². The van der Waals surface area contributed by atoms with Crippen LogP contribution in [0.2, 0.25) is 0 Å². The number of sulfonamides is 1. The lowest BCUT2D eigenvalue weighted by molar-refractivity contribution is -0.134. The summed E-state index contributed by atoms with van der Waals surface area (Å²) in [5.41, 5.74) is 2.17. The van der Waals surface area contributed by atoms with Crippen LogP contribution in [0.15, 0.2) is 23.2 Å². The Balaban J connectivity index is 2.23. The summed E-state index contributed by atoms with van der Waals surface area (Å²) in [6.07, 6.45) is 1.56. The van der Waals surface area contributed by atoms with Crippen LogP contribution in [-0.4, -0.2) is 31.3 Å². The Labute approximate surface area is 115 Å². The third-order valence-electron chi connectivity index (χ3n) is 2.73. The molecule has 0 spiro atoms. The predicted octanol–water partition coefficient (Wildman–Crippen LogP) is -1.55. The van der Waals surface area contributed by atoms with Crippen LogP contribution < -0.4 is 21.3 Å². The quantitative estimate of drug-likeness (QED) is 0.299. The third kappa shape index (κ3) is 2.92. The number of hydrogen-bond donors (Lipinski definition) is 4. The van der Waals surface area contributed by atoms with Gasteiger partial charge in [0.25, 0.3) is 0 Å². The van der Waals surface area contributed by atoms with Gasteiger partial charge in [0.1, 0.15) is 10.9 Å². The van der Waals surface area contributed by atoms with Crippen molar-refractivity contribution in [3.63, 3.8) is 0 Å². The van der Waals surface area contributed by atoms with Crippen LogP contribution in [0.1, 0.15) is 12.8 Å². The highest BCUT2D eigenvalue weighted by Crippen LogP contribution is 2.18. The normalized spacial score (nSPS) is 19.6. The largest absolute Gasteiger partial charge is 0.307 e. The molecule has 10 heteroatoms. The van der Waals surface area contributed by atoms with Gasteiger partial charge in [0.2, 0.25) is 21.8 Å². The van der Waals surface area contributed by atoms with Crippen LogP contribution in [0.4, 0.5) is 5.82 Å². The van der Waals surface area contributed by atoms with Gasteiger partial charge in [-0.15, -0.1) is 0 Å². The number of piperidine rings is 1. The van der Waals surface area contributed by atoms with Crippen molar-refractivity contribution in [2.24, 2.45) is 5.84 Å². The number of anilines is 1. The van der Waals surface area contributed by atoms with E-state index in [-0.39, 0.29) is 23.6 Å². The van der Waals surface area contributed by atoms with Crippen molar-refractivity contribution in [3.8, 4) is 0 Å². The fraction of sp³-hybridized carbons (Fsp3) is 0.300. The molecular formula is C10H13N5O4S. The number of nitrogens with one attached hydrogen (secondary N) is 3. The van der Waals surface area contributed by atoms with Crippen molar-refractivity contribution in [3.05, 3.63) is 18.3 Å². The summed E-state index contributed by atoms with van der Waals surface area (Å²) in [4.78, 5) is 26.2. The maximum Gasteiger partial charge on any atom is 0.245 e. The van der Waals surface area contributed by atoms with E-state index < -0.39 is 27.9 Å². The zero-order valence-corrected chi connectivity index (χ0v) is 11.1. The molecule has 0 radical (unpaired) electrons. The Hall–Kier alpha value is -2.04. The highest BCUT2D eigenvalue weighted by molar-refractivity contribution is 7.89. The summed E-state index contributed by atoms with van der Waals surface area (Å²) >= 11 is 0. The van der Waals surface area contributed by atoms with Crippen LogP contribution in [0.25, 0.3) is 0 Å². The lowest BCUT2D eigenvalue weighted by Gasteiger charge is -2.22. The summed E-state index contributed by atoms with van der Waals surface area (Å²) in [5, 5.41) is 2.07. The predicted molar refractivity (Wildman–Crippen MR) is 68.5 cm³/mol. The minimum atomic E-state index is -3.98. The van der Waals surface area contributed by atoms with Crippen LogP contribution in [0.3, 0.4) is 0 Å². The number of carbonyl (C=O) groups is 2. The fourth-order valence-corrected chi connectivity index (χ4v) is 3.12. The molecule has 2 rings (SSSR count). The van der Waals surface area contributed by atoms with Gasteiger partial charge in [-0.2, -0.15) is 4.72 Å². The van der Waals surface area contributed by atoms with Gasteiger partial charge >= 0.3 is 0 Å². The molecular weight excluding hydrogens is 286 g/mol. The number of amides is 2. The number of rotatable bonds is 4. The Bertz CT molecular complexity index is 645. The van der Waals surface area contributed by atoms with E-state index in [1.165, 1.54) is 18.3 Å². The van der Waals surface area contributed by atoms with Crippen molar-refractivity contribution in [1.82, 2.24) is 15.0 Å². The molecule has 0 aromatic carbocycles. The summed E-state index contributed by atoms with van der Waals surface area (Å²) in [5.74, 6) is 4.07. The molecule has 108 valence electrons. The topological polar surface area (TPSA) is 143 Å². The van der Waals surface area contributed by atoms with Gasteiger partial charge < -0.3 is 5.43 Å². The first-order chi connectivity index (χ1) is 9.44. The molecule has 1 fully saturated rings.